The molecule has 1 fully saturated rings. The van der Waals surface area contributed by atoms with Gasteiger partial charge in [-0.3, -0.25) is 0 Å². The third kappa shape index (κ3) is 4.52. The van der Waals surface area contributed by atoms with Crippen molar-refractivity contribution in [3.63, 3.8) is 0 Å². The SMILES string of the molecule is CC1CCCN(S(=O)(=O)N(CCN)CCc2ccccc2)C1. The van der Waals surface area contributed by atoms with Gasteiger partial charge in [-0.15, -0.1) is 0 Å². The molecule has 1 aliphatic rings. The highest BCUT2D eigenvalue weighted by molar-refractivity contribution is 7.86. The number of benzene rings is 1. The van der Waals surface area contributed by atoms with Crippen LogP contribution in [-0.4, -0.2) is 49.8 Å². The van der Waals surface area contributed by atoms with E-state index in [1.807, 2.05) is 30.3 Å². The van der Waals surface area contributed by atoms with Crippen molar-refractivity contribution in [2.24, 2.45) is 11.7 Å². The zero-order chi connectivity index (χ0) is 16.0. The molecule has 0 saturated carbocycles. The maximum absolute atomic E-state index is 12.8. The molecule has 6 heteroatoms. The van der Waals surface area contributed by atoms with E-state index in [-0.39, 0.29) is 0 Å². The topological polar surface area (TPSA) is 66.6 Å². The molecule has 1 aromatic rings. The van der Waals surface area contributed by atoms with Gasteiger partial charge < -0.3 is 5.73 Å². The summed E-state index contributed by atoms with van der Waals surface area (Å²) in [6.45, 7) is 4.55. The van der Waals surface area contributed by atoms with Gasteiger partial charge in [0.2, 0.25) is 0 Å². The number of nitrogens with zero attached hydrogens (tertiary/aromatic N) is 2. The van der Waals surface area contributed by atoms with E-state index < -0.39 is 10.2 Å². The first-order valence-electron chi connectivity index (χ1n) is 8.03. The fraction of sp³-hybridized carbons (Fsp3) is 0.625. The summed E-state index contributed by atoms with van der Waals surface area (Å²) in [5.74, 6) is 0.428. The lowest BCUT2D eigenvalue weighted by atomic mass is 10.0. The predicted octanol–water partition coefficient (Wildman–Crippen LogP) is 1.47. The standard InChI is InChI=1S/C16H27N3O2S/c1-15-6-5-11-19(14-15)22(20,21)18(13-10-17)12-9-16-7-3-2-4-8-16/h2-4,7-8,15H,5-6,9-14,17H2,1H3. The molecule has 1 atom stereocenters. The van der Waals surface area contributed by atoms with Crippen LogP contribution in [0.3, 0.4) is 0 Å². The van der Waals surface area contributed by atoms with Crippen LogP contribution in [0.5, 0.6) is 0 Å². The van der Waals surface area contributed by atoms with Gasteiger partial charge in [0.15, 0.2) is 0 Å². The van der Waals surface area contributed by atoms with Crippen LogP contribution in [0.2, 0.25) is 0 Å². The highest BCUT2D eigenvalue weighted by Gasteiger charge is 2.31. The zero-order valence-corrected chi connectivity index (χ0v) is 14.1. The Bertz CT molecular complexity index is 548. The minimum absolute atomic E-state index is 0.345. The summed E-state index contributed by atoms with van der Waals surface area (Å²) >= 11 is 0. The van der Waals surface area contributed by atoms with Crippen molar-refractivity contribution in [3.05, 3.63) is 35.9 Å². The van der Waals surface area contributed by atoms with Gasteiger partial charge in [-0.2, -0.15) is 17.0 Å². The second kappa shape index (κ2) is 8.06. The second-order valence-corrected chi connectivity index (χ2v) is 7.96. The molecule has 2 N–H and O–H groups in total. The smallest absolute Gasteiger partial charge is 0.282 e. The van der Waals surface area contributed by atoms with Gasteiger partial charge in [0.25, 0.3) is 10.2 Å². The normalized spacial score (nSPS) is 20.4. The van der Waals surface area contributed by atoms with Crippen molar-refractivity contribution in [1.29, 1.82) is 0 Å². The van der Waals surface area contributed by atoms with Crippen molar-refractivity contribution in [1.82, 2.24) is 8.61 Å². The molecule has 124 valence electrons. The minimum Gasteiger partial charge on any atom is -0.329 e. The first-order chi connectivity index (χ1) is 10.5. The summed E-state index contributed by atoms with van der Waals surface area (Å²) in [6.07, 6.45) is 2.76. The Labute approximate surface area is 134 Å². The quantitative estimate of drug-likeness (QED) is 0.825. The van der Waals surface area contributed by atoms with Gasteiger partial charge in [0.1, 0.15) is 0 Å². The molecule has 5 nitrogen and oxygen atoms in total. The monoisotopic (exact) mass is 325 g/mol. The Morgan fingerprint density at radius 1 is 1.27 bits per heavy atom. The van der Waals surface area contributed by atoms with Crippen molar-refractivity contribution in [2.45, 2.75) is 26.2 Å². The number of nitrogens with two attached hydrogens (primary N) is 1. The van der Waals surface area contributed by atoms with Crippen LogP contribution in [-0.2, 0) is 16.6 Å². The Morgan fingerprint density at radius 3 is 2.64 bits per heavy atom. The Kier molecular flexibility index (Phi) is 6.37. The van der Waals surface area contributed by atoms with Crippen LogP contribution >= 0.6 is 0 Å². The van der Waals surface area contributed by atoms with Gasteiger partial charge >= 0.3 is 0 Å². The summed E-state index contributed by atoms with van der Waals surface area (Å²) in [7, 11) is -3.40. The highest BCUT2D eigenvalue weighted by atomic mass is 32.2. The minimum atomic E-state index is -3.40. The van der Waals surface area contributed by atoms with Gasteiger partial charge in [-0.1, -0.05) is 37.3 Å². The van der Waals surface area contributed by atoms with Crippen LogP contribution in [0.4, 0.5) is 0 Å². The van der Waals surface area contributed by atoms with E-state index in [9.17, 15) is 8.42 Å². The molecule has 0 bridgehead atoms. The third-order valence-electron chi connectivity index (χ3n) is 4.14. The van der Waals surface area contributed by atoms with Crippen LogP contribution in [0, 0.1) is 5.92 Å². The van der Waals surface area contributed by atoms with Crippen molar-refractivity contribution in [3.8, 4) is 0 Å². The zero-order valence-electron chi connectivity index (χ0n) is 13.3. The number of hydrogen-bond acceptors (Lipinski definition) is 3. The van der Waals surface area contributed by atoms with Gasteiger partial charge in [-0.25, -0.2) is 0 Å². The van der Waals surface area contributed by atoms with E-state index >= 15 is 0 Å². The molecule has 1 unspecified atom stereocenters. The van der Waals surface area contributed by atoms with Crippen molar-refractivity contribution < 1.29 is 8.42 Å². The van der Waals surface area contributed by atoms with Crippen molar-refractivity contribution >= 4 is 10.2 Å². The maximum Gasteiger partial charge on any atom is 0.282 e. The average molecular weight is 325 g/mol. The fourth-order valence-corrected chi connectivity index (χ4v) is 4.69. The summed E-state index contributed by atoms with van der Waals surface area (Å²) in [6, 6.07) is 9.96. The molecule has 0 radical (unpaired) electrons. The molecule has 0 aliphatic carbocycles. The van der Waals surface area contributed by atoms with Crippen LogP contribution in [0.1, 0.15) is 25.3 Å². The van der Waals surface area contributed by atoms with Crippen LogP contribution < -0.4 is 5.73 Å². The first-order valence-corrected chi connectivity index (χ1v) is 9.43. The molecule has 1 aliphatic heterocycles. The molecule has 1 aromatic carbocycles. The second-order valence-electron chi connectivity index (χ2n) is 6.04. The lowest BCUT2D eigenvalue weighted by molar-refractivity contribution is 0.258. The lowest BCUT2D eigenvalue weighted by Crippen LogP contribution is -2.49. The van der Waals surface area contributed by atoms with Crippen LogP contribution in [0.15, 0.2) is 30.3 Å². The Balaban J connectivity index is 2.05. The van der Waals surface area contributed by atoms with E-state index in [0.29, 0.717) is 45.1 Å². The summed E-state index contributed by atoms with van der Waals surface area (Å²) in [5, 5.41) is 0. The van der Waals surface area contributed by atoms with E-state index in [2.05, 4.69) is 6.92 Å². The first kappa shape index (κ1) is 17.4. The molecular formula is C16H27N3O2S. The average Bonchev–Trinajstić information content (AvgIpc) is 2.52. The van der Waals surface area contributed by atoms with E-state index in [0.717, 1.165) is 18.4 Å². The molecule has 2 rings (SSSR count). The molecule has 1 saturated heterocycles. The van der Waals surface area contributed by atoms with E-state index in [4.69, 9.17) is 5.73 Å². The highest BCUT2D eigenvalue weighted by Crippen LogP contribution is 2.20. The summed E-state index contributed by atoms with van der Waals surface area (Å²) < 4.78 is 28.8. The largest absolute Gasteiger partial charge is 0.329 e. The van der Waals surface area contributed by atoms with Gasteiger partial charge in [0, 0.05) is 32.7 Å². The van der Waals surface area contributed by atoms with E-state index in [1.54, 1.807) is 4.31 Å². The maximum atomic E-state index is 12.8. The molecule has 22 heavy (non-hydrogen) atoms. The molecule has 0 aromatic heterocycles. The number of rotatable bonds is 7. The predicted molar refractivity (Wildman–Crippen MR) is 89.7 cm³/mol. The van der Waals surface area contributed by atoms with E-state index in [1.165, 1.54) is 4.31 Å². The van der Waals surface area contributed by atoms with Crippen LogP contribution in [0.25, 0.3) is 0 Å². The van der Waals surface area contributed by atoms with Gasteiger partial charge in [0.05, 0.1) is 0 Å². The number of piperidine rings is 1. The van der Waals surface area contributed by atoms with Crippen molar-refractivity contribution in [2.75, 3.05) is 32.7 Å². The molecule has 0 spiro atoms. The Morgan fingerprint density at radius 2 is 2.00 bits per heavy atom. The molecule has 1 heterocycles. The summed E-state index contributed by atoms with van der Waals surface area (Å²) in [5.41, 5.74) is 6.77. The Hall–Kier alpha value is -0.950. The third-order valence-corrected chi connectivity index (χ3v) is 6.15. The molecule has 0 amide bonds. The fourth-order valence-electron chi connectivity index (χ4n) is 2.90. The summed E-state index contributed by atoms with van der Waals surface area (Å²) in [4.78, 5) is 0. The number of hydrogen-bond donors (Lipinski definition) is 1. The molecular weight excluding hydrogens is 298 g/mol. The lowest BCUT2D eigenvalue weighted by Gasteiger charge is -2.34. The van der Waals surface area contributed by atoms with Gasteiger partial charge in [-0.05, 0) is 30.7 Å².